The van der Waals surface area contributed by atoms with Gasteiger partial charge in [0.2, 0.25) is 0 Å². The zero-order valence-electron chi connectivity index (χ0n) is 9.22. The highest BCUT2D eigenvalue weighted by Crippen LogP contribution is 2.23. The van der Waals surface area contributed by atoms with Gasteiger partial charge in [-0.3, -0.25) is 0 Å². The second-order valence-corrected chi connectivity index (χ2v) is 3.69. The number of hydrogen-bond donors (Lipinski definition) is 1. The Morgan fingerprint density at radius 3 is 2.47 bits per heavy atom. The molecule has 0 saturated heterocycles. The molecule has 17 heavy (non-hydrogen) atoms. The molecule has 1 aromatic carbocycles. The van der Waals surface area contributed by atoms with Crippen LogP contribution >= 0.6 is 0 Å². The van der Waals surface area contributed by atoms with E-state index in [4.69, 9.17) is 10.5 Å². The van der Waals surface area contributed by atoms with E-state index in [1.165, 1.54) is 12.1 Å². The molecular formula is C11H13F4NO. The standard InChI is InChI=1S/C11H13F4NO/c1-7(16)8-2-3-10(9(12)6-8)17-5-4-11(13,14)15/h2-3,6-7H,4-5,16H2,1H3/t7-/m1/s1. The van der Waals surface area contributed by atoms with E-state index < -0.39 is 25.0 Å². The molecule has 0 aromatic heterocycles. The molecule has 2 N–H and O–H groups in total. The molecule has 1 atom stereocenters. The van der Waals surface area contributed by atoms with Crippen molar-refractivity contribution in [2.75, 3.05) is 6.61 Å². The van der Waals surface area contributed by atoms with Crippen molar-refractivity contribution >= 4 is 0 Å². The van der Waals surface area contributed by atoms with Gasteiger partial charge < -0.3 is 10.5 Å². The van der Waals surface area contributed by atoms with E-state index in [1.807, 2.05) is 0 Å². The van der Waals surface area contributed by atoms with Crippen molar-refractivity contribution in [1.29, 1.82) is 0 Å². The zero-order chi connectivity index (χ0) is 13.1. The molecule has 0 spiro atoms. The Bertz CT molecular complexity index is 376. The van der Waals surface area contributed by atoms with Crippen molar-refractivity contribution in [3.8, 4) is 5.75 Å². The molecule has 1 aromatic rings. The number of alkyl halides is 3. The highest BCUT2D eigenvalue weighted by Gasteiger charge is 2.27. The maximum Gasteiger partial charge on any atom is 0.392 e. The van der Waals surface area contributed by atoms with E-state index in [0.717, 1.165) is 6.07 Å². The molecule has 6 heteroatoms. The summed E-state index contributed by atoms with van der Waals surface area (Å²) in [6.07, 6.45) is -5.41. The highest BCUT2D eigenvalue weighted by atomic mass is 19.4. The number of hydrogen-bond acceptors (Lipinski definition) is 2. The van der Waals surface area contributed by atoms with Crippen LogP contribution in [-0.4, -0.2) is 12.8 Å². The zero-order valence-corrected chi connectivity index (χ0v) is 9.22. The van der Waals surface area contributed by atoms with Crippen molar-refractivity contribution in [3.05, 3.63) is 29.6 Å². The topological polar surface area (TPSA) is 35.2 Å². The van der Waals surface area contributed by atoms with E-state index in [9.17, 15) is 17.6 Å². The molecule has 0 fully saturated rings. The molecular weight excluding hydrogens is 238 g/mol. The minimum atomic E-state index is -4.30. The minimum absolute atomic E-state index is 0.196. The lowest BCUT2D eigenvalue weighted by Crippen LogP contribution is -2.13. The van der Waals surface area contributed by atoms with Gasteiger partial charge in [-0.05, 0) is 24.6 Å². The fourth-order valence-electron chi connectivity index (χ4n) is 1.19. The first-order valence-electron chi connectivity index (χ1n) is 5.04. The Balaban J connectivity index is 2.61. The van der Waals surface area contributed by atoms with Crippen LogP contribution in [0.1, 0.15) is 24.9 Å². The Hall–Kier alpha value is -1.30. The summed E-state index contributed by atoms with van der Waals surface area (Å²) >= 11 is 0. The van der Waals surface area contributed by atoms with Crippen LogP contribution in [0.4, 0.5) is 17.6 Å². The van der Waals surface area contributed by atoms with E-state index in [1.54, 1.807) is 6.92 Å². The predicted octanol–water partition coefficient (Wildman–Crippen LogP) is 3.18. The van der Waals surface area contributed by atoms with Crippen molar-refractivity contribution in [2.45, 2.75) is 25.6 Å². The lowest BCUT2D eigenvalue weighted by Gasteiger charge is -2.11. The van der Waals surface area contributed by atoms with Gasteiger partial charge in [0, 0.05) is 6.04 Å². The van der Waals surface area contributed by atoms with E-state index in [-0.39, 0.29) is 11.8 Å². The lowest BCUT2D eigenvalue weighted by molar-refractivity contribution is -0.139. The fourth-order valence-corrected chi connectivity index (χ4v) is 1.19. The molecule has 0 amide bonds. The van der Waals surface area contributed by atoms with Gasteiger partial charge in [-0.1, -0.05) is 6.07 Å². The first kappa shape index (κ1) is 13.8. The third kappa shape index (κ3) is 4.60. The average Bonchev–Trinajstić information content (AvgIpc) is 2.18. The largest absolute Gasteiger partial charge is 0.490 e. The summed E-state index contributed by atoms with van der Waals surface area (Å²) in [5.41, 5.74) is 6.09. The maximum atomic E-state index is 13.4. The summed E-state index contributed by atoms with van der Waals surface area (Å²) < 4.78 is 53.6. The SMILES string of the molecule is C[C@@H](N)c1ccc(OCCC(F)(F)F)c(F)c1. The number of ether oxygens (including phenoxy) is 1. The van der Waals surface area contributed by atoms with Crippen LogP contribution in [0.2, 0.25) is 0 Å². The van der Waals surface area contributed by atoms with Gasteiger partial charge in [-0.25, -0.2) is 4.39 Å². The maximum absolute atomic E-state index is 13.4. The minimum Gasteiger partial charge on any atom is -0.490 e. The third-order valence-corrected chi connectivity index (χ3v) is 2.12. The molecule has 0 heterocycles. The predicted molar refractivity (Wildman–Crippen MR) is 55.2 cm³/mol. The van der Waals surface area contributed by atoms with Crippen molar-refractivity contribution in [2.24, 2.45) is 5.73 Å². The molecule has 0 saturated carbocycles. The van der Waals surface area contributed by atoms with Gasteiger partial charge in [-0.15, -0.1) is 0 Å². The molecule has 0 radical (unpaired) electrons. The van der Waals surface area contributed by atoms with Gasteiger partial charge in [0.05, 0.1) is 13.0 Å². The van der Waals surface area contributed by atoms with Crippen LogP contribution in [0.15, 0.2) is 18.2 Å². The van der Waals surface area contributed by atoms with E-state index >= 15 is 0 Å². The first-order valence-corrected chi connectivity index (χ1v) is 5.04. The molecule has 0 aliphatic heterocycles. The Kier molecular flexibility index (Phi) is 4.34. The smallest absolute Gasteiger partial charge is 0.392 e. The van der Waals surface area contributed by atoms with Crippen molar-refractivity contribution in [1.82, 2.24) is 0 Å². The molecule has 0 bridgehead atoms. The van der Waals surface area contributed by atoms with Gasteiger partial charge in [0.25, 0.3) is 0 Å². The first-order chi connectivity index (χ1) is 7.79. The molecule has 2 nitrogen and oxygen atoms in total. The second-order valence-electron chi connectivity index (χ2n) is 3.69. The number of nitrogens with two attached hydrogens (primary N) is 1. The van der Waals surface area contributed by atoms with Gasteiger partial charge in [-0.2, -0.15) is 13.2 Å². The summed E-state index contributed by atoms with van der Waals surface area (Å²) in [6, 6.07) is 3.63. The molecule has 0 aliphatic carbocycles. The van der Waals surface area contributed by atoms with Crippen LogP contribution < -0.4 is 10.5 Å². The van der Waals surface area contributed by atoms with Crippen LogP contribution in [0.3, 0.4) is 0 Å². The third-order valence-electron chi connectivity index (χ3n) is 2.12. The van der Waals surface area contributed by atoms with E-state index in [2.05, 4.69) is 0 Å². The van der Waals surface area contributed by atoms with Crippen LogP contribution in [0.25, 0.3) is 0 Å². The Morgan fingerprint density at radius 2 is 2.00 bits per heavy atom. The molecule has 96 valence electrons. The van der Waals surface area contributed by atoms with Crippen LogP contribution in [0, 0.1) is 5.82 Å². The lowest BCUT2D eigenvalue weighted by atomic mass is 10.1. The normalized spacial score (nSPS) is 13.5. The molecule has 1 rings (SSSR count). The fraction of sp³-hybridized carbons (Fsp3) is 0.455. The van der Waals surface area contributed by atoms with Gasteiger partial charge >= 0.3 is 6.18 Å². The Labute approximate surface area is 96.4 Å². The quantitative estimate of drug-likeness (QED) is 0.834. The van der Waals surface area contributed by atoms with Gasteiger partial charge in [0.1, 0.15) is 0 Å². The van der Waals surface area contributed by atoms with Crippen LogP contribution in [0.5, 0.6) is 5.75 Å². The highest BCUT2D eigenvalue weighted by molar-refractivity contribution is 5.30. The summed E-state index contributed by atoms with van der Waals surface area (Å²) in [5.74, 6) is -0.902. The number of halogens is 4. The summed E-state index contributed by atoms with van der Waals surface area (Å²) in [5, 5.41) is 0. The second kappa shape index (κ2) is 5.35. The summed E-state index contributed by atoms with van der Waals surface area (Å²) in [7, 11) is 0. The van der Waals surface area contributed by atoms with Crippen molar-refractivity contribution in [3.63, 3.8) is 0 Å². The number of rotatable bonds is 4. The summed E-state index contributed by atoms with van der Waals surface area (Å²) in [6.45, 7) is 1.08. The molecule has 0 unspecified atom stereocenters. The van der Waals surface area contributed by atoms with Gasteiger partial charge in [0.15, 0.2) is 11.6 Å². The summed E-state index contributed by atoms with van der Waals surface area (Å²) in [4.78, 5) is 0. The number of benzene rings is 1. The monoisotopic (exact) mass is 251 g/mol. The van der Waals surface area contributed by atoms with Crippen LogP contribution in [-0.2, 0) is 0 Å². The van der Waals surface area contributed by atoms with Crippen molar-refractivity contribution < 1.29 is 22.3 Å². The average molecular weight is 251 g/mol. The molecule has 0 aliphatic rings. The van der Waals surface area contributed by atoms with E-state index in [0.29, 0.717) is 5.56 Å². The Morgan fingerprint density at radius 1 is 1.35 bits per heavy atom.